The third kappa shape index (κ3) is 29.3. The van der Waals surface area contributed by atoms with Crippen LogP contribution in [-0.4, -0.2) is 24.2 Å². The maximum atomic E-state index is 9.43. The van der Waals surface area contributed by atoms with E-state index in [1.165, 1.54) is 0 Å². The van der Waals surface area contributed by atoms with Crippen LogP contribution < -0.4 is 5.32 Å². The van der Waals surface area contributed by atoms with Crippen LogP contribution in [0.4, 0.5) is 0 Å². The third-order valence-corrected chi connectivity index (χ3v) is 0.401. The van der Waals surface area contributed by atoms with Gasteiger partial charge in [-0.05, 0) is 14.1 Å². The lowest BCUT2D eigenvalue weighted by Gasteiger charge is -1.93. The Morgan fingerprint density at radius 3 is 1.44 bits per heavy atom. The number of aldehydes is 1. The summed E-state index contributed by atoms with van der Waals surface area (Å²) in [7, 11) is 3.75. The first-order valence-electron chi connectivity index (χ1n) is 2.09. The fraction of sp³-hybridized carbons (Fsp3) is 0.750. The molecule has 0 unspecified atom stereocenters. The van der Waals surface area contributed by atoms with Crippen LogP contribution >= 0.6 is 34.8 Å². The predicted octanol–water partition coefficient (Wildman–Crippen LogP) is 1.39. The van der Waals surface area contributed by atoms with Crippen LogP contribution in [0.2, 0.25) is 0 Å². The molecule has 0 aromatic carbocycles. The molecule has 0 aliphatic heterocycles. The molecule has 9 heavy (non-hydrogen) atoms. The molecule has 0 fully saturated rings. The van der Waals surface area contributed by atoms with Gasteiger partial charge in [0.05, 0.1) is 0 Å². The minimum Gasteiger partial charge on any atom is -0.323 e. The Balaban J connectivity index is 0. The summed E-state index contributed by atoms with van der Waals surface area (Å²) in [6, 6.07) is 0. The van der Waals surface area contributed by atoms with Crippen molar-refractivity contribution in [3.05, 3.63) is 0 Å². The molecule has 0 spiro atoms. The van der Waals surface area contributed by atoms with Gasteiger partial charge in [-0.2, -0.15) is 0 Å². The van der Waals surface area contributed by atoms with Crippen LogP contribution in [0.25, 0.3) is 0 Å². The maximum Gasteiger partial charge on any atom is 0.245 e. The van der Waals surface area contributed by atoms with Gasteiger partial charge in [0.2, 0.25) is 3.79 Å². The molecule has 0 rings (SSSR count). The number of halogens is 3. The lowest BCUT2D eigenvalue weighted by molar-refractivity contribution is -0.107. The van der Waals surface area contributed by atoms with Crippen LogP contribution in [0.3, 0.4) is 0 Å². The summed E-state index contributed by atoms with van der Waals surface area (Å²) < 4.78 is -1.72. The quantitative estimate of drug-likeness (QED) is 0.464. The van der Waals surface area contributed by atoms with Crippen molar-refractivity contribution in [3.8, 4) is 0 Å². The Bertz CT molecular complexity index is 70.7. The molecule has 0 aliphatic carbocycles. The Morgan fingerprint density at radius 2 is 1.44 bits per heavy atom. The Morgan fingerprint density at radius 1 is 1.33 bits per heavy atom. The molecule has 0 aliphatic rings. The van der Waals surface area contributed by atoms with Crippen molar-refractivity contribution in [1.82, 2.24) is 5.32 Å². The van der Waals surface area contributed by atoms with Gasteiger partial charge in [0, 0.05) is 0 Å². The highest BCUT2D eigenvalue weighted by Gasteiger charge is 2.16. The molecule has 0 saturated carbocycles. The lowest BCUT2D eigenvalue weighted by Crippen LogP contribution is -2.00. The van der Waals surface area contributed by atoms with Gasteiger partial charge in [0.1, 0.15) is 0 Å². The van der Waals surface area contributed by atoms with Crippen LogP contribution in [0.1, 0.15) is 0 Å². The molecule has 0 saturated heterocycles. The van der Waals surface area contributed by atoms with E-state index in [1.54, 1.807) is 0 Å². The van der Waals surface area contributed by atoms with Crippen LogP contribution in [-0.2, 0) is 4.79 Å². The highest BCUT2D eigenvalue weighted by Crippen LogP contribution is 2.21. The van der Waals surface area contributed by atoms with Crippen LogP contribution in [0, 0.1) is 0 Å². The summed E-state index contributed by atoms with van der Waals surface area (Å²) in [4.78, 5) is 9.43. The molecule has 56 valence electrons. The number of carbonyl (C=O) groups excluding carboxylic acids is 1. The van der Waals surface area contributed by atoms with Crippen LogP contribution in [0.15, 0.2) is 0 Å². The van der Waals surface area contributed by atoms with Gasteiger partial charge in [-0.15, -0.1) is 0 Å². The van der Waals surface area contributed by atoms with E-state index in [0.29, 0.717) is 0 Å². The monoisotopic (exact) mass is 191 g/mol. The highest BCUT2D eigenvalue weighted by molar-refractivity contribution is 6.74. The summed E-state index contributed by atoms with van der Waals surface area (Å²) in [6.45, 7) is 0. The maximum absolute atomic E-state index is 9.43. The second kappa shape index (κ2) is 6.62. The molecular weight excluding hydrogens is 184 g/mol. The number of carbonyl (C=O) groups is 1. The standard InChI is InChI=1S/C2HCl3O.C2H7N/c3-2(4,5)1-6;1-3-2/h1H;3H,1-2H3. The molecule has 1 N–H and O–H groups in total. The van der Waals surface area contributed by atoms with E-state index in [2.05, 4.69) is 5.32 Å². The molecule has 0 atom stereocenters. The van der Waals surface area contributed by atoms with Gasteiger partial charge in [0.25, 0.3) is 0 Å². The smallest absolute Gasteiger partial charge is 0.245 e. The Labute approximate surface area is 69.5 Å². The van der Waals surface area contributed by atoms with E-state index in [0.717, 1.165) is 0 Å². The van der Waals surface area contributed by atoms with Crippen molar-refractivity contribution in [2.75, 3.05) is 14.1 Å². The number of nitrogens with one attached hydrogen (secondary N) is 1. The minimum absolute atomic E-state index is 0.234. The SMILES string of the molecule is CNC.O=CC(Cl)(Cl)Cl. The fourth-order valence-electron chi connectivity index (χ4n) is 0. The summed E-state index contributed by atoms with van der Waals surface area (Å²) >= 11 is 14.6. The summed E-state index contributed by atoms with van der Waals surface area (Å²) in [5.74, 6) is 0. The molecule has 0 aromatic heterocycles. The molecule has 2 nitrogen and oxygen atoms in total. The van der Waals surface area contributed by atoms with E-state index in [9.17, 15) is 4.79 Å². The molecule has 0 radical (unpaired) electrons. The number of alkyl halides is 3. The zero-order valence-corrected chi connectivity index (χ0v) is 7.39. The normalized spacial score (nSPS) is 9.44. The zero-order chi connectivity index (χ0) is 7.91. The molecule has 0 amide bonds. The van der Waals surface area contributed by atoms with Crippen molar-refractivity contribution in [1.29, 1.82) is 0 Å². The topological polar surface area (TPSA) is 29.1 Å². The van der Waals surface area contributed by atoms with Crippen molar-refractivity contribution in [2.24, 2.45) is 0 Å². The Hall–Kier alpha value is 0.500. The van der Waals surface area contributed by atoms with Gasteiger partial charge in [-0.1, -0.05) is 34.8 Å². The van der Waals surface area contributed by atoms with Crippen molar-refractivity contribution in [3.63, 3.8) is 0 Å². The Kier molecular flexibility index (Phi) is 8.97. The number of hydrogen-bond acceptors (Lipinski definition) is 2. The van der Waals surface area contributed by atoms with Crippen molar-refractivity contribution >= 4 is 41.1 Å². The van der Waals surface area contributed by atoms with Crippen LogP contribution in [0.5, 0.6) is 0 Å². The van der Waals surface area contributed by atoms with E-state index < -0.39 is 3.79 Å². The van der Waals surface area contributed by atoms with E-state index >= 15 is 0 Å². The van der Waals surface area contributed by atoms with E-state index in [1.807, 2.05) is 14.1 Å². The van der Waals surface area contributed by atoms with E-state index in [4.69, 9.17) is 34.8 Å². The molecule has 0 heterocycles. The van der Waals surface area contributed by atoms with Gasteiger partial charge >= 0.3 is 0 Å². The molecule has 0 aromatic rings. The second-order valence-corrected chi connectivity index (χ2v) is 3.53. The fourth-order valence-corrected chi connectivity index (χ4v) is 0. The predicted molar refractivity (Wildman–Crippen MR) is 41.3 cm³/mol. The zero-order valence-electron chi connectivity index (χ0n) is 5.12. The van der Waals surface area contributed by atoms with Gasteiger partial charge in [0.15, 0.2) is 6.29 Å². The van der Waals surface area contributed by atoms with E-state index in [-0.39, 0.29) is 6.29 Å². The first-order chi connectivity index (χ1) is 3.97. The van der Waals surface area contributed by atoms with Gasteiger partial charge in [-0.25, -0.2) is 0 Å². The van der Waals surface area contributed by atoms with Crippen molar-refractivity contribution < 1.29 is 4.79 Å². The minimum atomic E-state index is -1.72. The van der Waals surface area contributed by atoms with Crippen molar-refractivity contribution in [2.45, 2.75) is 3.79 Å². The molecule has 5 heteroatoms. The number of hydrogen-bond donors (Lipinski definition) is 1. The third-order valence-electron chi connectivity index (χ3n) is 0.134. The largest absolute Gasteiger partial charge is 0.323 e. The average molecular weight is 192 g/mol. The highest BCUT2D eigenvalue weighted by atomic mass is 35.6. The summed E-state index contributed by atoms with van der Waals surface area (Å²) in [5.41, 5.74) is 0. The first-order valence-corrected chi connectivity index (χ1v) is 3.23. The lowest BCUT2D eigenvalue weighted by atomic mass is 10.9. The van der Waals surface area contributed by atoms with Gasteiger partial charge < -0.3 is 5.32 Å². The second-order valence-electron chi connectivity index (χ2n) is 1.16. The summed E-state index contributed by atoms with van der Waals surface area (Å²) in [6.07, 6.45) is 0.234. The average Bonchev–Trinajstić information content (AvgIpc) is 1.67. The first kappa shape index (κ1) is 12.2. The van der Waals surface area contributed by atoms with Gasteiger partial charge in [-0.3, -0.25) is 4.79 Å². The molecule has 0 bridgehead atoms. The number of rotatable bonds is 0. The molecular formula is C4H8Cl3NO. The summed E-state index contributed by atoms with van der Waals surface area (Å²) in [5, 5.41) is 2.75.